The first kappa shape index (κ1) is 26.2. The minimum Gasteiger partial charge on any atom is -0.467 e. The van der Waals surface area contributed by atoms with Crippen LogP contribution in [0, 0.1) is 0 Å². The van der Waals surface area contributed by atoms with Gasteiger partial charge in [0.2, 0.25) is 11.0 Å². The summed E-state index contributed by atoms with van der Waals surface area (Å²) in [6.07, 6.45) is 1.86. The van der Waals surface area contributed by atoms with Gasteiger partial charge in [-0.3, -0.25) is 0 Å². The Morgan fingerprint density at radius 3 is 2.10 bits per heavy atom. The first-order valence-corrected chi connectivity index (χ1v) is 14.0. The van der Waals surface area contributed by atoms with Crippen LogP contribution < -0.4 is 14.2 Å². The van der Waals surface area contributed by atoms with Crippen molar-refractivity contribution in [2.24, 2.45) is 0 Å². The van der Waals surface area contributed by atoms with E-state index in [9.17, 15) is 9.59 Å². The minimum absolute atomic E-state index is 0.0904. The summed E-state index contributed by atoms with van der Waals surface area (Å²) in [6.45, 7) is 0. The Kier molecular flexibility index (Phi) is 7.42. The highest BCUT2D eigenvalue weighted by Crippen LogP contribution is 2.40. The standard InChI is InChI=1S/C32H23N3O5S/c1-41-32-33-29-28(34-35-32)24-15-9-8-14-22(24)18-26(38-29)23-16-17-25(39-30(36)20-10-4-2-5-11-20)27(19-23)40-31(37)21-12-6-3-7-13-21/h2-17,19,26H,18H2,1H3. The van der Waals surface area contributed by atoms with E-state index in [-0.39, 0.29) is 11.5 Å². The summed E-state index contributed by atoms with van der Waals surface area (Å²) in [5, 5.41) is 9.09. The number of esters is 2. The molecule has 1 unspecified atom stereocenters. The molecule has 9 heteroatoms. The Balaban J connectivity index is 1.39. The first-order valence-electron chi connectivity index (χ1n) is 12.8. The van der Waals surface area contributed by atoms with Crippen molar-refractivity contribution in [3.05, 3.63) is 125 Å². The number of fused-ring (bicyclic) bond motifs is 3. The molecule has 8 nitrogen and oxygen atoms in total. The van der Waals surface area contributed by atoms with Gasteiger partial charge in [0.15, 0.2) is 17.2 Å². The van der Waals surface area contributed by atoms with E-state index in [2.05, 4.69) is 15.2 Å². The van der Waals surface area contributed by atoms with Gasteiger partial charge in [0.1, 0.15) is 6.10 Å². The van der Waals surface area contributed by atoms with Gasteiger partial charge in [-0.25, -0.2) is 9.59 Å². The molecule has 1 atom stereocenters. The third kappa shape index (κ3) is 5.66. The molecule has 0 saturated carbocycles. The quantitative estimate of drug-likeness (QED) is 0.133. The normalized spacial score (nSPS) is 13.6. The summed E-state index contributed by atoms with van der Waals surface area (Å²) in [6, 6.07) is 30.1. The van der Waals surface area contributed by atoms with E-state index in [1.807, 2.05) is 42.7 Å². The summed E-state index contributed by atoms with van der Waals surface area (Å²) >= 11 is 1.37. The summed E-state index contributed by atoms with van der Waals surface area (Å²) in [4.78, 5) is 30.5. The zero-order chi connectivity index (χ0) is 28.2. The van der Waals surface area contributed by atoms with Gasteiger partial charge < -0.3 is 14.2 Å². The largest absolute Gasteiger partial charge is 0.467 e. The maximum Gasteiger partial charge on any atom is 0.343 e. The summed E-state index contributed by atoms with van der Waals surface area (Å²) in [5.41, 5.74) is 3.89. The summed E-state index contributed by atoms with van der Waals surface area (Å²) < 4.78 is 17.9. The second-order valence-electron chi connectivity index (χ2n) is 9.14. The van der Waals surface area contributed by atoms with Crippen molar-refractivity contribution in [3.63, 3.8) is 0 Å². The number of hydrogen-bond acceptors (Lipinski definition) is 9. The molecule has 0 aliphatic carbocycles. The topological polar surface area (TPSA) is 101 Å². The van der Waals surface area contributed by atoms with Gasteiger partial charge in [-0.05, 0) is 53.8 Å². The van der Waals surface area contributed by atoms with E-state index in [1.54, 1.807) is 66.7 Å². The third-order valence-electron chi connectivity index (χ3n) is 6.51. The Hall–Kier alpha value is -5.02. The van der Waals surface area contributed by atoms with Crippen LogP contribution in [0.15, 0.2) is 108 Å². The number of carbonyl (C=O) groups is 2. The first-order chi connectivity index (χ1) is 20.1. The van der Waals surface area contributed by atoms with Gasteiger partial charge in [-0.15, -0.1) is 10.2 Å². The average Bonchev–Trinajstić information content (AvgIpc) is 3.19. The number of hydrogen-bond donors (Lipinski definition) is 0. The van der Waals surface area contributed by atoms with Crippen LogP contribution in [0.2, 0.25) is 0 Å². The Bertz CT molecular complexity index is 1730. The predicted molar refractivity (Wildman–Crippen MR) is 153 cm³/mol. The van der Waals surface area contributed by atoms with E-state index in [0.717, 1.165) is 11.1 Å². The molecule has 0 radical (unpaired) electrons. The van der Waals surface area contributed by atoms with Crippen molar-refractivity contribution < 1.29 is 23.8 Å². The molecule has 2 heterocycles. The maximum absolute atomic E-state index is 13.0. The number of rotatable bonds is 6. The SMILES string of the molecule is CSc1nnc2c(n1)OC(c1ccc(OC(=O)c3ccccc3)c(OC(=O)c3ccccc3)c1)Cc1ccccc1-2. The minimum atomic E-state index is -0.584. The fraction of sp³-hybridized carbons (Fsp3) is 0.0938. The van der Waals surface area contributed by atoms with Gasteiger partial charge in [0.25, 0.3) is 0 Å². The average molecular weight is 562 g/mol. The molecule has 41 heavy (non-hydrogen) atoms. The molecule has 0 amide bonds. The van der Waals surface area contributed by atoms with Crippen LogP contribution in [0.25, 0.3) is 11.3 Å². The molecular weight excluding hydrogens is 538 g/mol. The second kappa shape index (κ2) is 11.6. The maximum atomic E-state index is 13.0. The number of aromatic nitrogens is 3. The van der Waals surface area contributed by atoms with Crippen molar-refractivity contribution in [2.45, 2.75) is 17.7 Å². The van der Waals surface area contributed by atoms with Crippen molar-refractivity contribution in [2.75, 3.05) is 6.26 Å². The molecule has 0 bridgehead atoms. The van der Waals surface area contributed by atoms with Crippen molar-refractivity contribution in [1.29, 1.82) is 0 Å². The molecule has 4 aromatic carbocycles. The number of ether oxygens (including phenoxy) is 3. The van der Waals surface area contributed by atoms with Crippen LogP contribution in [0.3, 0.4) is 0 Å². The second-order valence-corrected chi connectivity index (χ2v) is 9.91. The van der Waals surface area contributed by atoms with Crippen LogP contribution in [-0.2, 0) is 6.42 Å². The highest BCUT2D eigenvalue weighted by Gasteiger charge is 2.28. The Labute approximate surface area is 240 Å². The molecule has 6 rings (SSSR count). The smallest absolute Gasteiger partial charge is 0.343 e. The molecule has 5 aromatic rings. The molecule has 1 aliphatic heterocycles. The molecule has 0 spiro atoms. The molecule has 0 saturated heterocycles. The van der Waals surface area contributed by atoms with E-state index >= 15 is 0 Å². The number of carbonyl (C=O) groups excluding carboxylic acids is 2. The Morgan fingerprint density at radius 1 is 0.780 bits per heavy atom. The van der Waals surface area contributed by atoms with Gasteiger partial charge in [0.05, 0.1) is 11.1 Å². The van der Waals surface area contributed by atoms with Crippen molar-refractivity contribution in [1.82, 2.24) is 15.2 Å². The number of benzene rings is 4. The predicted octanol–water partition coefficient (Wildman–Crippen LogP) is 6.38. The molecule has 0 fully saturated rings. The van der Waals surface area contributed by atoms with Gasteiger partial charge >= 0.3 is 11.9 Å². The fourth-order valence-corrected chi connectivity index (χ4v) is 4.78. The van der Waals surface area contributed by atoms with Crippen molar-refractivity contribution in [3.8, 4) is 28.6 Å². The van der Waals surface area contributed by atoms with Crippen LogP contribution in [-0.4, -0.2) is 33.4 Å². The summed E-state index contributed by atoms with van der Waals surface area (Å²) in [7, 11) is 0. The molecule has 1 aromatic heterocycles. The lowest BCUT2D eigenvalue weighted by atomic mass is 9.97. The number of thioether (sulfide) groups is 1. The van der Waals surface area contributed by atoms with Gasteiger partial charge in [-0.2, -0.15) is 4.98 Å². The zero-order valence-corrected chi connectivity index (χ0v) is 22.7. The summed E-state index contributed by atoms with van der Waals surface area (Å²) in [5.74, 6) is -0.598. The van der Waals surface area contributed by atoms with Crippen molar-refractivity contribution >= 4 is 23.7 Å². The molecular formula is C32H23N3O5S. The highest BCUT2D eigenvalue weighted by atomic mass is 32.2. The monoisotopic (exact) mass is 561 g/mol. The lowest BCUT2D eigenvalue weighted by Crippen LogP contribution is -2.15. The lowest BCUT2D eigenvalue weighted by Gasteiger charge is -2.19. The van der Waals surface area contributed by atoms with Crippen LogP contribution >= 0.6 is 11.8 Å². The van der Waals surface area contributed by atoms with Crippen LogP contribution in [0.5, 0.6) is 17.4 Å². The van der Waals surface area contributed by atoms with E-state index in [1.165, 1.54) is 11.8 Å². The number of nitrogens with zero attached hydrogens (tertiary/aromatic N) is 3. The highest BCUT2D eigenvalue weighted by molar-refractivity contribution is 7.98. The zero-order valence-electron chi connectivity index (χ0n) is 21.9. The van der Waals surface area contributed by atoms with E-state index in [0.29, 0.717) is 39.8 Å². The van der Waals surface area contributed by atoms with Crippen LogP contribution in [0.1, 0.15) is 37.9 Å². The molecule has 0 N–H and O–H groups in total. The third-order valence-corrected chi connectivity index (χ3v) is 7.05. The fourth-order valence-electron chi connectivity index (χ4n) is 4.48. The van der Waals surface area contributed by atoms with Crippen LogP contribution in [0.4, 0.5) is 0 Å². The van der Waals surface area contributed by atoms with Gasteiger partial charge in [-0.1, -0.05) is 78.5 Å². The van der Waals surface area contributed by atoms with E-state index in [4.69, 9.17) is 14.2 Å². The lowest BCUT2D eigenvalue weighted by molar-refractivity contribution is 0.0681. The molecule has 1 aliphatic rings. The van der Waals surface area contributed by atoms with E-state index < -0.39 is 18.0 Å². The van der Waals surface area contributed by atoms with Gasteiger partial charge in [0, 0.05) is 12.0 Å². The molecule has 202 valence electrons. The Morgan fingerprint density at radius 2 is 1.41 bits per heavy atom.